The standard InChI is InChI=1S/C37H44O7/c1-18(2)24-15-23(14-13-22-11-9-20(5)10-12-22)30(39)27-25(24)16-35(7)17-36(8)28(19(3)4)31(40)26(21(6)38)33(42)37(36,44)34(43)29(35)32(27)41/h9-12,15,18-19,26,28-29,39,44H,13-14,16-17H2,1-8H3/t26?,28?,29?,35-,36-,37+/m1/s1. The maximum Gasteiger partial charge on any atom is 0.190 e. The first-order valence-electron chi connectivity index (χ1n) is 15.7. The van der Waals surface area contributed by atoms with E-state index >= 15 is 0 Å². The van der Waals surface area contributed by atoms with Crippen molar-refractivity contribution in [1.29, 1.82) is 0 Å². The lowest BCUT2D eigenvalue weighted by molar-refractivity contribution is -0.205. The van der Waals surface area contributed by atoms with Gasteiger partial charge in [-0.3, -0.25) is 24.0 Å². The highest BCUT2D eigenvalue weighted by molar-refractivity contribution is 6.32. The summed E-state index contributed by atoms with van der Waals surface area (Å²) < 4.78 is 0. The molecule has 6 atom stereocenters. The van der Waals surface area contributed by atoms with Crippen LogP contribution in [0.15, 0.2) is 30.3 Å². The van der Waals surface area contributed by atoms with Crippen LogP contribution in [0.25, 0.3) is 0 Å². The lowest BCUT2D eigenvalue weighted by atomic mass is 9.39. The van der Waals surface area contributed by atoms with Crippen molar-refractivity contribution in [3.8, 4) is 5.75 Å². The molecule has 3 unspecified atom stereocenters. The summed E-state index contributed by atoms with van der Waals surface area (Å²) in [5.41, 5.74) is -0.724. The fourth-order valence-corrected chi connectivity index (χ4v) is 9.03. The summed E-state index contributed by atoms with van der Waals surface area (Å²) in [4.78, 5) is 69.2. The maximum absolute atomic E-state index is 14.6. The number of phenolic OH excluding ortho intramolecular Hbond substituents is 1. The second-order valence-electron chi connectivity index (χ2n) is 14.8. The van der Waals surface area contributed by atoms with Gasteiger partial charge in [-0.25, -0.2) is 0 Å². The molecule has 7 heteroatoms. The van der Waals surface area contributed by atoms with E-state index in [9.17, 15) is 34.2 Å². The third kappa shape index (κ3) is 4.37. The third-order valence-corrected chi connectivity index (χ3v) is 10.9. The van der Waals surface area contributed by atoms with Gasteiger partial charge >= 0.3 is 0 Å². The summed E-state index contributed by atoms with van der Waals surface area (Å²) in [6.07, 6.45) is 1.43. The van der Waals surface area contributed by atoms with Crippen molar-refractivity contribution in [1.82, 2.24) is 0 Å². The Morgan fingerprint density at radius 2 is 1.59 bits per heavy atom. The lowest BCUT2D eigenvalue weighted by Crippen LogP contribution is -2.76. The molecule has 2 aromatic carbocycles. The number of carbonyl (C=O) groups is 5. The highest BCUT2D eigenvalue weighted by Crippen LogP contribution is 2.64. The Hall–Kier alpha value is -3.45. The van der Waals surface area contributed by atoms with E-state index in [0.29, 0.717) is 24.0 Å². The van der Waals surface area contributed by atoms with Gasteiger partial charge in [-0.05, 0) is 79.0 Å². The van der Waals surface area contributed by atoms with Crippen molar-refractivity contribution >= 4 is 28.9 Å². The number of aryl methyl sites for hydroxylation is 3. The van der Waals surface area contributed by atoms with Crippen molar-refractivity contribution < 1.29 is 34.2 Å². The molecule has 0 radical (unpaired) electrons. The van der Waals surface area contributed by atoms with Crippen LogP contribution in [0.5, 0.6) is 5.75 Å². The van der Waals surface area contributed by atoms with Crippen LogP contribution in [0.1, 0.15) is 99.0 Å². The Morgan fingerprint density at radius 3 is 2.14 bits per heavy atom. The zero-order valence-electron chi connectivity index (χ0n) is 27.0. The van der Waals surface area contributed by atoms with Gasteiger partial charge in [0, 0.05) is 11.3 Å². The Balaban J connectivity index is 1.66. The highest BCUT2D eigenvalue weighted by Gasteiger charge is 2.76. The zero-order valence-corrected chi connectivity index (χ0v) is 27.0. The molecule has 2 N–H and O–H groups in total. The molecular formula is C37H44O7. The number of hydrogen-bond donors (Lipinski definition) is 2. The number of Topliss-reactive ketones (excluding diaryl/α,β-unsaturated/α-hetero) is 5. The molecule has 234 valence electrons. The summed E-state index contributed by atoms with van der Waals surface area (Å²) in [5, 5.41) is 23.8. The van der Waals surface area contributed by atoms with Gasteiger partial charge in [0.05, 0.1) is 11.5 Å². The molecule has 0 spiro atoms. The minimum absolute atomic E-state index is 0.0137. The molecule has 3 aliphatic rings. The first-order valence-corrected chi connectivity index (χ1v) is 15.7. The van der Waals surface area contributed by atoms with E-state index < -0.39 is 63.1 Å². The van der Waals surface area contributed by atoms with E-state index in [-0.39, 0.29) is 36.0 Å². The molecule has 0 aromatic heterocycles. The Kier molecular flexibility index (Phi) is 7.68. The molecule has 44 heavy (non-hydrogen) atoms. The predicted molar refractivity (Wildman–Crippen MR) is 166 cm³/mol. The van der Waals surface area contributed by atoms with Gasteiger partial charge < -0.3 is 10.2 Å². The Morgan fingerprint density at radius 1 is 0.977 bits per heavy atom. The van der Waals surface area contributed by atoms with Crippen LogP contribution in [0, 0.1) is 41.4 Å². The molecule has 2 aromatic rings. The van der Waals surface area contributed by atoms with Crippen molar-refractivity contribution in [2.75, 3.05) is 0 Å². The van der Waals surface area contributed by atoms with Gasteiger partial charge in [0.25, 0.3) is 0 Å². The monoisotopic (exact) mass is 600 g/mol. The number of phenols is 1. The average Bonchev–Trinajstić information content (AvgIpc) is 2.90. The van der Waals surface area contributed by atoms with E-state index in [4.69, 9.17) is 0 Å². The second kappa shape index (κ2) is 10.6. The van der Waals surface area contributed by atoms with Crippen molar-refractivity contribution in [3.63, 3.8) is 0 Å². The number of rotatable bonds is 6. The number of ketones is 5. The van der Waals surface area contributed by atoms with Crippen LogP contribution >= 0.6 is 0 Å². The zero-order chi connectivity index (χ0) is 32.7. The summed E-state index contributed by atoms with van der Waals surface area (Å²) in [6.45, 7) is 14.2. The number of benzene rings is 2. The fraction of sp³-hybridized carbons (Fsp3) is 0.541. The van der Waals surface area contributed by atoms with E-state index in [1.165, 1.54) is 0 Å². The first kappa shape index (κ1) is 32.0. The largest absolute Gasteiger partial charge is 0.507 e. The molecule has 0 bridgehead atoms. The highest BCUT2D eigenvalue weighted by atomic mass is 16.3. The SMILES string of the molecule is CC(=O)C1C(=O)C(C(C)C)[C@@]2(C)C[C@@]3(C)Cc4c(C(C)C)cc(CCc5ccc(C)cc5)c(O)c4C(=O)C3C(=O)[C@@]2(O)C1=O. The van der Waals surface area contributed by atoms with Crippen LogP contribution in [0.4, 0.5) is 0 Å². The minimum atomic E-state index is -2.69. The van der Waals surface area contributed by atoms with E-state index in [1.807, 2.05) is 58.0 Å². The molecular weight excluding hydrogens is 556 g/mol. The predicted octanol–water partition coefficient (Wildman–Crippen LogP) is 5.31. The van der Waals surface area contributed by atoms with Crippen LogP contribution in [0.2, 0.25) is 0 Å². The summed E-state index contributed by atoms with van der Waals surface area (Å²) in [6, 6.07) is 10.1. The van der Waals surface area contributed by atoms with Crippen LogP contribution in [-0.2, 0) is 38.4 Å². The normalized spacial score (nSPS) is 31.7. The summed E-state index contributed by atoms with van der Waals surface area (Å²) in [7, 11) is 0. The van der Waals surface area contributed by atoms with Crippen LogP contribution in [0.3, 0.4) is 0 Å². The number of hydrogen-bond acceptors (Lipinski definition) is 7. The topological polar surface area (TPSA) is 126 Å². The molecule has 7 nitrogen and oxygen atoms in total. The van der Waals surface area contributed by atoms with Gasteiger partial charge in [0.1, 0.15) is 17.5 Å². The van der Waals surface area contributed by atoms with Crippen molar-refractivity contribution in [2.24, 2.45) is 34.5 Å². The molecule has 2 fully saturated rings. The first-order chi connectivity index (χ1) is 20.4. The average molecular weight is 601 g/mol. The van der Waals surface area contributed by atoms with E-state index in [2.05, 4.69) is 0 Å². The van der Waals surface area contributed by atoms with Crippen LogP contribution in [-0.4, -0.2) is 44.7 Å². The van der Waals surface area contributed by atoms with Crippen LogP contribution < -0.4 is 0 Å². The maximum atomic E-state index is 14.6. The van der Waals surface area contributed by atoms with Crippen molar-refractivity contribution in [3.05, 3.63) is 63.7 Å². The number of aromatic hydroxyl groups is 1. The van der Waals surface area contributed by atoms with E-state index in [1.54, 1.807) is 20.8 Å². The van der Waals surface area contributed by atoms with Gasteiger partial charge in [0.2, 0.25) is 0 Å². The van der Waals surface area contributed by atoms with E-state index in [0.717, 1.165) is 23.6 Å². The van der Waals surface area contributed by atoms with Gasteiger partial charge in [-0.1, -0.05) is 77.4 Å². The quantitative estimate of drug-likeness (QED) is 0.431. The number of fused-ring (bicyclic) bond motifs is 3. The molecule has 0 heterocycles. The number of aliphatic hydroxyl groups is 1. The second-order valence-corrected chi connectivity index (χ2v) is 14.8. The molecule has 5 rings (SSSR count). The van der Waals surface area contributed by atoms with Gasteiger partial charge in [-0.2, -0.15) is 0 Å². The minimum Gasteiger partial charge on any atom is -0.507 e. The fourth-order valence-electron chi connectivity index (χ4n) is 9.03. The summed E-state index contributed by atoms with van der Waals surface area (Å²) >= 11 is 0. The molecule has 0 amide bonds. The Labute approximate surface area is 259 Å². The molecule has 3 aliphatic carbocycles. The summed E-state index contributed by atoms with van der Waals surface area (Å²) in [5.74, 6) is -8.63. The molecule has 2 saturated carbocycles. The van der Waals surface area contributed by atoms with Gasteiger partial charge in [-0.15, -0.1) is 0 Å². The Bertz CT molecular complexity index is 1600. The van der Waals surface area contributed by atoms with Gasteiger partial charge in [0.15, 0.2) is 28.7 Å². The van der Waals surface area contributed by atoms with Crippen molar-refractivity contribution in [2.45, 2.75) is 92.6 Å². The third-order valence-electron chi connectivity index (χ3n) is 10.9. The molecule has 0 aliphatic heterocycles. The lowest BCUT2D eigenvalue weighted by Gasteiger charge is -2.62. The molecule has 0 saturated heterocycles. The smallest absolute Gasteiger partial charge is 0.190 e. The number of carbonyl (C=O) groups excluding carboxylic acids is 5.